The van der Waals surface area contributed by atoms with Crippen molar-refractivity contribution in [2.24, 2.45) is 0 Å². The van der Waals surface area contributed by atoms with E-state index in [1.807, 2.05) is 0 Å². The van der Waals surface area contributed by atoms with E-state index in [-0.39, 0.29) is 27.4 Å². The monoisotopic (exact) mass is 347 g/mol. The van der Waals surface area contributed by atoms with Crippen LogP contribution >= 0.6 is 39.1 Å². The third kappa shape index (κ3) is 2.45. The lowest BCUT2D eigenvalue weighted by Crippen LogP contribution is -1.96. The molecule has 18 heavy (non-hydrogen) atoms. The number of halogens is 3. The van der Waals surface area contributed by atoms with Crippen LogP contribution in [0.4, 0.5) is 5.69 Å². The number of nitro benzene ring substituents is 1. The summed E-state index contributed by atoms with van der Waals surface area (Å²) in [5.74, 6) is 0.112. The maximum atomic E-state index is 10.9. The Hall–Kier alpha value is -1.24. The molecule has 5 nitrogen and oxygen atoms in total. The second-order valence-corrected chi connectivity index (χ2v) is 4.73. The summed E-state index contributed by atoms with van der Waals surface area (Å²) in [5, 5.41) is 11.1. The van der Waals surface area contributed by atoms with Gasteiger partial charge in [0.1, 0.15) is 10.3 Å². The van der Waals surface area contributed by atoms with Gasteiger partial charge in [-0.1, -0.05) is 35.3 Å². The predicted molar refractivity (Wildman–Crippen MR) is 71.8 cm³/mol. The fourth-order valence-electron chi connectivity index (χ4n) is 1.34. The van der Waals surface area contributed by atoms with E-state index in [1.165, 1.54) is 12.1 Å². The zero-order valence-electron chi connectivity index (χ0n) is 8.60. The molecule has 0 aliphatic rings. The molecular weight excluding hydrogens is 345 g/mol. The van der Waals surface area contributed by atoms with Crippen molar-refractivity contribution in [2.45, 2.75) is 0 Å². The summed E-state index contributed by atoms with van der Waals surface area (Å²) in [4.78, 5) is 18.3. The van der Waals surface area contributed by atoms with Crippen LogP contribution in [-0.4, -0.2) is 14.9 Å². The molecule has 2 rings (SSSR count). The molecule has 0 atom stereocenters. The minimum absolute atomic E-state index is 0.100. The summed E-state index contributed by atoms with van der Waals surface area (Å²) in [6.45, 7) is 0. The lowest BCUT2D eigenvalue weighted by Gasteiger charge is -2.04. The number of nitrogens with zero attached hydrogens (tertiary/aromatic N) is 3. The standard InChI is InChI=1S/C10H4BrCl2N3O2/c11-7-8(12)14-10(15-9(7)13)5-3-1-2-4-6(5)16(17)18/h1-4H. The summed E-state index contributed by atoms with van der Waals surface area (Å²) in [7, 11) is 0. The first-order valence-electron chi connectivity index (χ1n) is 4.63. The second-order valence-electron chi connectivity index (χ2n) is 3.22. The van der Waals surface area contributed by atoms with Gasteiger partial charge in [0, 0.05) is 6.07 Å². The first kappa shape index (κ1) is 13.2. The Morgan fingerprint density at radius 3 is 2.28 bits per heavy atom. The van der Waals surface area contributed by atoms with Crippen molar-refractivity contribution in [1.82, 2.24) is 9.97 Å². The van der Waals surface area contributed by atoms with Gasteiger partial charge in [-0.3, -0.25) is 10.1 Å². The van der Waals surface area contributed by atoms with E-state index < -0.39 is 4.92 Å². The molecule has 0 radical (unpaired) electrons. The molecule has 0 aliphatic carbocycles. The lowest BCUT2D eigenvalue weighted by atomic mass is 10.1. The van der Waals surface area contributed by atoms with Crippen molar-refractivity contribution in [3.8, 4) is 11.4 Å². The summed E-state index contributed by atoms with van der Waals surface area (Å²) < 4.78 is 0.355. The molecule has 0 fully saturated rings. The van der Waals surface area contributed by atoms with Crippen molar-refractivity contribution in [2.75, 3.05) is 0 Å². The summed E-state index contributed by atoms with van der Waals surface area (Å²) in [6, 6.07) is 6.11. The largest absolute Gasteiger partial charge is 0.280 e. The topological polar surface area (TPSA) is 68.9 Å². The molecule has 2 aromatic rings. The minimum Gasteiger partial charge on any atom is -0.258 e. The summed E-state index contributed by atoms with van der Waals surface area (Å²) in [6.07, 6.45) is 0. The van der Waals surface area contributed by atoms with Crippen LogP contribution in [0.2, 0.25) is 10.3 Å². The molecule has 0 bridgehead atoms. The third-order valence-electron chi connectivity index (χ3n) is 2.11. The van der Waals surface area contributed by atoms with Crippen LogP contribution in [0.5, 0.6) is 0 Å². The molecule has 1 heterocycles. The van der Waals surface area contributed by atoms with Crippen LogP contribution in [0.25, 0.3) is 11.4 Å². The molecule has 0 amide bonds. The Morgan fingerprint density at radius 2 is 1.72 bits per heavy atom. The average molecular weight is 349 g/mol. The van der Waals surface area contributed by atoms with Gasteiger partial charge in [0.05, 0.1) is 15.0 Å². The number of aromatic nitrogens is 2. The van der Waals surface area contributed by atoms with Crippen LogP contribution in [0.15, 0.2) is 28.7 Å². The number of rotatable bonds is 2. The molecule has 1 aromatic heterocycles. The average Bonchev–Trinajstić information content (AvgIpc) is 2.35. The number of hydrogen-bond donors (Lipinski definition) is 0. The van der Waals surface area contributed by atoms with Gasteiger partial charge in [0.25, 0.3) is 5.69 Å². The van der Waals surface area contributed by atoms with E-state index in [9.17, 15) is 10.1 Å². The minimum atomic E-state index is -0.511. The quantitative estimate of drug-likeness (QED) is 0.465. The molecule has 0 N–H and O–H groups in total. The van der Waals surface area contributed by atoms with Gasteiger partial charge in [-0.2, -0.15) is 0 Å². The van der Waals surface area contributed by atoms with E-state index in [2.05, 4.69) is 25.9 Å². The second kappa shape index (κ2) is 5.17. The number of para-hydroxylation sites is 1. The molecule has 0 unspecified atom stereocenters. The molecule has 0 saturated heterocycles. The van der Waals surface area contributed by atoms with Crippen molar-refractivity contribution >= 4 is 44.8 Å². The lowest BCUT2D eigenvalue weighted by molar-refractivity contribution is -0.384. The van der Waals surface area contributed by atoms with Crippen molar-refractivity contribution in [3.63, 3.8) is 0 Å². The van der Waals surface area contributed by atoms with Gasteiger partial charge in [-0.15, -0.1) is 0 Å². The Morgan fingerprint density at radius 1 is 1.17 bits per heavy atom. The number of hydrogen-bond acceptors (Lipinski definition) is 4. The first-order chi connectivity index (χ1) is 8.50. The fraction of sp³-hybridized carbons (Fsp3) is 0. The molecule has 8 heteroatoms. The van der Waals surface area contributed by atoms with Crippen LogP contribution in [0, 0.1) is 10.1 Å². The van der Waals surface area contributed by atoms with E-state index in [0.717, 1.165) is 0 Å². The first-order valence-corrected chi connectivity index (χ1v) is 6.18. The Bertz CT molecular complexity index is 613. The fourth-order valence-corrected chi connectivity index (χ4v) is 1.90. The van der Waals surface area contributed by atoms with Crippen LogP contribution in [0.3, 0.4) is 0 Å². The van der Waals surface area contributed by atoms with Crippen LogP contribution < -0.4 is 0 Å². The summed E-state index contributed by atoms with van der Waals surface area (Å²) in [5.41, 5.74) is 0.158. The number of nitro groups is 1. The molecule has 92 valence electrons. The predicted octanol–water partition coefficient (Wildman–Crippen LogP) is 4.12. The smallest absolute Gasteiger partial charge is 0.258 e. The van der Waals surface area contributed by atoms with Crippen LogP contribution in [-0.2, 0) is 0 Å². The van der Waals surface area contributed by atoms with Gasteiger partial charge >= 0.3 is 0 Å². The van der Waals surface area contributed by atoms with Gasteiger partial charge in [0.2, 0.25) is 0 Å². The molecule has 0 spiro atoms. The van der Waals surface area contributed by atoms with Crippen molar-refractivity contribution in [1.29, 1.82) is 0 Å². The third-order valence-corrected chi connectivity index (χ3v) is 3.87. The van der Waals surface area contributed by atoms with Gasteiger partial charge in [-0.05, 0) is 22.0 Å². The molecule has 0 aliphatic heterocycles. The van der Waals surface area contributed by atoms with E-state index in [1.54, 1.807) is 12.1 Å². The van der Waals surface area contributed by atoms with Gasteiger partial charge in [0.15, 0.2) is 5.82 Å². The summed E-state index contributed by atoms with van der Waals surface area (Å²) >= 11 is 14.8. The van der Waals surface area contributed by atoms with Crippen molar-refractivity contribution in [3.05, 3.63) is 49.2 Å². The maximum absolute atomic E-state index is 10.9. The highest BCUT2D eigenvalue weighted by Gasteiger charge is 2.18. The Balaban J connectivity index is 2.66. The highest BCUT2D eigenvalue weighted by atomic mass is 79.9. The van der Waals surface area contributed by atoms with E-state index in [4.69, 9.17) is 23.2 Å². The van der Waals surface area contributed by atoms with Crippen molar-refractivity contribution < 1.29 is 4.92 Å². The SMILES string of the molecule is O=[N+]([O-])c1ccccc1-c1nc(Cl)c(Br)c(Cl)n1. The van der Waals surface area contributed by atoms with Crippen LogP contribution in [0.1, 0.15) is 0 Å². The zero-order chi connectivity index (χ0) is 13.3. The van der Waals surface area contributed by atoms with E-state index in [0.29, 0.717) is 4.47 Å². The van der Waals surface area contributed by atoms with Gasteiger partial charge < -0.3 is 0 Å². The molecule has 1 aromatic carbocycles. The highest BCUT2D eigenvalue weighted by molar-refractivity contribution is 9.10. The van der Waals surface area contributed by atoms with E-state index >= 15 is 0 Å². The number of benzene rings is 1. The molecule has 0 saturated carbocycles. The molecular formula is C10H4BrCl2N3O2. The normalized spacial score (nSPS) is 10.4. The zero-order valence-corrected chi connectivity index (χ0v) is 11.7. The Kier molecular flexibility index (Phi) is 3.79. The maximum Gasteiger partial charge on any atom is 0.280 e. The Labute approximate surface area is 120 Å². The highest BCUT2D eigenvalue weighted by Crippen LogP contribution is 2.33. The van der Waals surface area contributed by atoms with Gasteiger partial charge in [-0.25, -0.2) is 9.97 Å².